The molecular weight excluding hydrogens is 396 g/mol. The van der Waals surface area contributed by atoms with Crippen molar-refractivity contribution in [3.63, 3.8) is 0 Å². The van der Waals surface area contributed by atoms with Crippen LogP contribution in [0.5, 0.6) is 0 Å². The Balaban J connectivity index is 1.63. The van der Waals surface area contributed by atoms with Crippen LogP contribution in [0.25, 0.3) is 39.3 Å². The minimum absolute atomic E-state index is 0.783. The highest BCUT2D eigenvalue weighted by molar-refractivity contribution is 5.92. The van der Waals surface area contributed by atoms with Crippen LogP contribution >= 0.6 is 0 Å². The summed E-state index contributed by atoms with van der Waals surface area (Å²) >= 11 is 0. The molecule has 0 amide bonds. The second-order valence-corrected chi connectivity index (χ2v) is 7.63. The van der Waals surface area contributed by atoms with E-state index in [4.69, 9.17) is 4.98 Å². The summed E-state index contributed by atoms with van der Waals surface area (Å²) in [5, 5.41) is 7.68. The van der Waals surface area contributed by atoms with Crippen LogP contribution < -0.4 is 0 Å². The molecule has 0 atom stereocenters. The number of allylic oxidation sites excluding steroid dienone is 2. The molecule has 0 bridgehead atoms. The minimum atomic E-state index is 0.783. The normalized spacial score (nSPS) is 11.8. The summed E-state index contributed by atoms with van der Waals surface area (Å²) in [5.74, 6) is 0. The van der Waals surface area contributed by atoms with Crippen LogP contribution in [-0.2, 0) is 0 Å². The number of hydrogen-bond acceptors (Lipinski definition) is 4. The number of aromatic amines is 2. The molecule has 0 saturated carbocycles. The van der Waals surface area contributed by atoms with E-state index in [1.165, 1.54) is 0 Å². The monoisotopic (exact) mass is 418 g/mol. The van der Waals surface area contributed by atoms with Gasteiger partial charge in [-0.05, 0) is 66.9 Å². The Kier molecular flexibility index (Phi) is 4.95. The Bertz CT molecular complexity index is 1460. The van der Waals surface area contributed by atoms with E-state index in [0.29, 0.717) is 0 Å². The summed E-state index contributed by atoms with van der Waals surface area (Å²) in [7, 11) is 0. The van der Waals surface area contributed by atoms with Crippen molar-refractivity contribution in [1.29, 1.82) is 0 Å². The van der Waals surface area contributed by atoms with E-state index in [1.807, 2.05) is 42.6 Å². The summed E-state index contributed by atoms with van der Waals surface area (Å²) in [4.78, 5) is 16.8. The fourth-order valence-corrected chi connectivity index (χ4v) is 3.93. The summed E-state index contributed by atoms with van der Waals surface area (Å²) in [5.41, 5.74) is 10.7. The summed E-state index contributed by atoms with van der Waals surface area (Å²) in [6.45, 7) is 8.01. The first-order valence-electron chi connectivity index (χ1n) is 10.4. The molecule has 0 aliphatic carbocycles. The van der Waals surface area contributed by atoms with E-state index in [0.717, 1.165) is 61.6 Å². The third kappa shape index (κ3) is 3.41. The van der Waals surface area contributed by atoms with Crippen molar-refractivity contribution < 1.29 is 0 Å². The zero-order valence-electron chi connectivity index (χ0n) is 17.9. The number of nitrogens with zero attached hydrogens (tertiary/aromatic N) is 4. The van der Waals surface area contributed by atoms with Crippen molar-refractivity contribution in [2.45, 2.75) is 13.8 Å². The average Bonchev–Trinajstić information content (AvgIpc) is 3.41. The Labute approximate surface area is 185 Å². The van der Waals surface area contributed by atoms with Crippen LogP contribution in [0.2, 0.25) is 0 Å². The third-order valence-electron chi connectivity index (χ3n) is 5.56. The van der Waals surface area contributed by atoms with Gasteiger partial charge in [-0.2, -0.15) is 5.10 Å². The number of rotatable bonds is 5. The maximum atomic E-state index is 4.93. The second-order valence-electron chi connectivity index (χ2n) is 7.63. The predicted molar refractivity (Wildman–Crippen MR) is 128 cm³/mol. The second kappa shape index (κ2) is 8.07. The number of fused-ring (bicyclic) bond motifs is 1. The van der Waals surface area contributed by atoms with Gasteiger partial charge in [0.1, 0.15) is 11.2 Å². The lowest BCUT2D eigenvalue weighted by Crippen LogP contribution is -1.89. The van der Waals surface area contributed by atoms with Gasteiger partial charge in [0.05, 0.1) is 16.9 Å². The molecule has 156 valence electrons. The Morgan fingerprint density at radius 3 is 2.59 bits per heavy atom. The number of hydrogen-bond donors (Lipinski definition) is 2. The van der Waals surface area contributed by atoms with Crippen LogP contribution in [-0.4, -0.2) is 30.1 Å². The van der Waals surface area contributed by atoms with Gasteiger partial charge in [-0.25, -0.2) is 4.98 Å². The highest BCUT2D eigenvalue weighted by Crippen LogP contribution is 2.33. The fourth-order valence-electron chi connectivity index (χ4n) is 3.93. The molecule has 5 rings (SSSR count). The number of H-pyrrole nitrogens is 2. The zero-order chi connectivity index (χ0) is 22.1. The first-order chi connectivity index (χ1) is 15.7. The van der Waals surface area contributed by atoms with E-state index in [9.17, 15) is 0 Å². The lowest BCUT2D eigenvalue weighted by molar-refractivity contribution is 1.11. The average molecular weight is 419 g/mol. The molecule has 6 nitrogen and oxygen atoms in total. The number of aryl methyl sites for hydroxylation is 2. The van der Waals surface area contributed by atoms with Crippen LogP contribution in [0.15, 0.2) is 79.9 Å². The zero-order valence-corrected chi connectivity index (χ0v) is 17.9. The van der Waals surface area contributed by atoms with E-state index in [-0.39, 0.29) is 0 Å². The minimum Gasteiger partial charge on any atom is -0.357 e. The van der Waals surface area contributed by atoms with Crippen molar-refractivity contribution in [2.24, 2.45) is 0 Å². The Morgan fingerprint density at radius 1 is 1.00 bits per heavy atom. The maximum Gasteiger partial charge on any atom is 0.135 e. The van der Waals surface area contributed by atoms with Gasteiger partial charge in [-0.3, -0.25) is 15.1 Å². The van der Waals surface area contributed by atoms with Crippen LogP contribution in [0.4, 0.5) is 0 Å². The SMILES string of the molecule is C=C/C=C(/c1ccncc1)c1cc(-c2n[nH]c3ccc(-c4cnccc4C)nc23)[nH]c1C. The molecule has 0 aliphatic rings. The number of nitrogens with one attached hydrogen (secondary N) is 2. The van der Waals surface area contributed by atoms with Gasteiger partial charge in [0.2, 0.25) is 0 Å². The third-order valence-corrected chi connectivity index (χ3v) is 5.56. The molecule has 0 saturated heterocycles. The van der Waals surface area contributed by atoms with Crippen LogP contribution in [0.3, 0.4) is 0 Å². The summed E-state index contributed by atoms with van der Waals surface area (Å²) < 4.78 is 0. The summed E-state index contributed by atoms with van der Waals surface area (Å²) in [6.07, 6.45) is 11.0. The molecular formula is C26H22N6. The van der Waals surface area contributed by atoms with Crippen molar-refractivity contribution in [3.8, 4) is 22.6 Å². The van der Waals surface area contributed by atoms with E-state index in [2.05, 4.69) is 51.6 Å². The predicted octanol–water partition coefficient (Wildman–Crippen LogP) is 5.64. The van der Waals surface area contributed by atoms with Crippen molar-refractivity contribution >= 4 is 16.6 Å². The summed E-state index contributed by atoms with van der Waals surface area (Å²) in [6, 6.07) is 12.1. The topological polar surface area (TPSA) is 83.1 Å². The number of aromatic nitrogens is 6. The highest BCUT2D eigenvalue weighted by Gasteiger charge is 2.17. The van der Waals surface area contributed by atoms with Gasteiger partial charge in [0.25, 0.3) is 0 Å². The molecule has 0 radical (unpaired) electrons. The molecule has 0 aliphatic heterocycles. The largest absolute Gasteiger partial charge is 0.357 e. The Morgan fingerprint density at radius 2 is 1.81 bits per heavy atom. The molecule has 0 unspecified atom stereocenters. The highest BCUT2D eigenvalue weighted by atomic mass is 15.1. The molecule has 2 N–H and O–H groups in total. The smallest absolute Gasteiger partial charge is 0.135 e. The first-order valence-corrected chi connectivity index (χ1v) is 10.4. The molecule has 0 spiro atoms. The van der Waals surface area contributed by atoms with E-state index >= 15 is 0 Å². The van der Waals surface area contributed by atoms with Gasteiger partial charge in [-0.15, -0.1) is 0 Å². The fraction of sp³-hybridized carbons (Fsp3) is 0.0769. The molecule has 0 aromatic carbocycles. The van der Waals surface area contributed by atoms with Crippen molar-refractivity contribution in [3.05, 3.63) is 102 Å². The van der Waals surface area contributed by atoms with Gasteiger partial charge in [-0.1, -0.05) is 18.7 Å². The van der Waals surface area contributed by atoms with Crippen LogP contribution in [0, 0.1) is 13.8 Å². The van der Waals surface area contributed by atoms with Gasteiger partial charge in [0, 0.05) is 41.6 Å². The molecule has 32 heavy (non-hydrogen) atoms. The maximum absolute atomic E-state index is 4.93. The number of pyridine rings is 3. The van der Waals surface area contributed by atoms with E-state index < -0.39 is 0 Å². The van der Waals surface area contributed by atoms with Gasteiger partial charge >= 0.3 is 0 Å². The molecule has 0 fully saturated rings. The standard InChI is InChI=1S/C26H22N6/c1-4-5-19(18-9-12-27-13-10-18)20-14-24(29-17(20)3)26-25-23(31-32-26)7-6-22(30-25)21-15-28-11-8-16(21)2/h4-15,29H,1H2,2-3H3,(H,31,32)/b19-5-. The van der Waals surface area contributed by atoms with Crippen molar-refractivity contribution in [2.75, 3.05) is 0 Å². The first kappa shape index (κ1) is 19.6. The van der Waals surface area contributed by atoms with Crippen molar-refractivity contribution in [1.82, 2.24) is 30.1 Å². The molecule has 6 heteroatoms. The van der Waals surface area contributed by atoms with Crippen LogP contribution in [0.1, 0.15) is 22.4 Å². The Hall–Kier alpha value is -4.32. The lowest BCUT2D eigenvalue weighted by atomic mass is 9.98. The molecule has 5 heterocycles. The molecule has 5 aromatic rings. The quantitative estimate of drug-likeness (QED) is 0.362. The lowest BCUT2D eigenvalue weighted by Gasteiger charge is -2.06. The molecule has 5 aromatic heterocycles. The van der Waals surface area contributed by atoms with Gasteiger partial charge < -0.3 is 4.98 Å². The van der Waals surface area contributed by atoms with E-state index in [1.54, 1.807) is 24.7 Å². The van der Waals surface area contributed by atoms with Gasteiger partial charge in [0.15, 0.2) is 0 Å².